The zero-order valence-electron chi connectivity index (χ0n) is 13.4. The maximum absolute atomic E-state index is 14.6. The molecule has 0 aliphatic heterocycles. The molecule has 0 amide bonds. The molecule has 28 heavy (non-hydrogen) atoms. The summed E-state index contributed by atoms with van der Waals surface area (Å²) in [5.41, 5.74) is -5.64. The van der Waals surface area contributed by atoms with Crippen LogP contribution in [-0.2, 0) is 15.4 Å². The maximum Gasteiger partial charge on any atom is 0.431 e. The molecule has 0 aliphatic rings. The second kappa shape index (κ2) is 6.80. The summed E-state index contributed by atoms with van der Waals surface area (Å²) in [5, 5.41) is -0.325. The van der Waals surface area contributed by atoms with Gasteiger partial charge >= 0.3 is 11.9 Å². The van der Waals surface area contributed by atoms with Gasteiger partial charge in [-0.25, -0.2) is 18.1 Å². The largest absolute Gasteiger partial charge is 0.455 e. The highest BCUT2D eigenvalue weighted by Crippen LogP contribution is 2.47. The summed E-state index contributed by atoms with van der Waals surface area (Å²) in [7, 11) is 0.779. The predicted octanol–water partition coefficient (Wildman–Crippen LogP) is 4.87. The molecule has 0 fully saturated rings. The van der Waals surface area contributed by atoms with Crippen molar-refractivity contribution in [2.24, 2.45) is 7.05 Å². The van der Waals surface area contributed by atoms with Gasteiger partial charge in [-0.3, -0.25) is 9.36 Å². The molecule has 0 unspecified atom stereocenters. The second-order valence-corrected chi connectivity index (χ2v) is 12.3. The van der Waals surface area contributed by atoms with Crippen molar-refractivity contribution < 1.29 is 26.4 Å². The van der Waals surface area contributed by atoms with Gasteiger partial charge in [-0.2, -0.15) is 13.2 Å². The first-order valence-electron chi connectivity index (χ1n) is 7.13. The Bertz CT molecular complexity index is 1220. The molecule has 150 valence electrons. The number of benzene rings is 1. The Labute approximate surface area is 177 Å². The van der Waals surface area contributed by atoms with Crippen LogP contribution in [0.25, 0.3) is 16.7 Å². The van der Waals surface area contributed by atoms with Crippen molar-refractivity contribution in [2.75, 3.05) is 0 Å². The Kier molecular flexibility index (Phi) is 5.16. The zero-order valence-corrected chi connectivity index (χ0v) is 18.1. The standard InChI is InChI=1S/C15H6Br3F5N2O3/c1-24-8(15(21,22)23)4-10(26)25(13(24)27)11-5-2-9(14(16,17)18)28-12(5)7(20)3-6(11)19/h2-4H,1H3. The summed E-state index contributed by atoms with van der Waals surface area (Å²) in [6.45, 7) is 0. The van der Waals surface area contributed by atoms with Crippen LogP contribution in [0, 0.1) is 11.6 Å². The predicted molar refractivity (Wildman–Crippen MR) is 100 cm³/mol. The van der Waals surface area contributed by atoms with Crippen LogP contribution in [0.2, 0.25) is 0 Å². The highest BCUT2D eigenvalue weighted by molar-refractivity contribution is 9.38. The molecule has 0 aliphatic carbocycles. The second-order valence-electron chi connectivity index (χ2n) is 5.58. The molecule has 0 atom stereocenters. The Balaban J connectivity index is 2.46. The number of nitrogens with zero attached hydrogens (tertiary/aromatic N) is 2. The van der Waals surface area contributed by atoms with Crippen LogP contribution in [0.5, 0.6) is 0 Å². The van der Waals surface area contributed by atoms with Gasteiger partial charge in [0.1, 0.15) is 17.1 Å². The molecule has 0 bridgehead atoms. The Morgan fingerprint density at radius 2 is 1.61 bits per heavy atom. The van der Waals surface area contributed by atoms with E-state index >= 15 is 0 Å². The van der Waals surface area contributed by atoms with Gasteiger partial charge in [0.15, 0.2) is 19.4 Å². The van der Waals surface area contributed by atoms with Crippen molar-refractivity contribution in [3.8, 4) is 5.69 Å². The molecule has 2 heterocycles. The fourth-order valence-electron chi connectivity index (χ4n) is 2.59. The lowest BCUT2D eigenvalue weighted by Gasteiger charge is -2.14. The molecule has 13 heteroatoms. The van der Waals surface area contributed by atoms with Gasteiger partial charge in [0, 0.05) is 19.2 Å². The number of fused-ring (bicyclic) bond motifs is 1. The van der Waals surface area contributed by atoms with Crippen molar-refractivity contribution in [2.45, 2.75) is 8.32 Å². The van der Waals surface area contributed by atoms with E-state index in [4.69, 9.17) is 4.42 Å². The maximum atomic E-state index is 14.6. The van der Waals surface area contributed by atoms with Gasteiger partial charge in [-0.05, 0) is 6.07 Å². The first-order chi connectivity index (χ1) is 12.7. The van der Waals surface area contributed by atoms with E-state index in [0.29, 0.717) is 6.07 Å². The van der Waals surface area contributed by atoms with Crippen LogP contribution in [0.1, 0.15) is 11.5 Å². The summed E-state index contributed by atoms with van der Waals surface area (Å²) >= 11 is 9.37. The molecule has 3 aromatic rings. The van der Waals surface area contributed by atoms with E-state index in [9.17, 15) is 31.5 Å². The topological polar surface area (TPSA) is 57.1 Å². The Hall–Kier alpha value is -1.47. The highest BCUT2D eigenvalue weighted by Gasteiger charge is 2.36. The lowest BCUT2D eigenvalue weighted by molar-refractivity contribution is -0.144. The average molecular weight is 597 g/mol. The van der Waals surface area contributed by atoms with E-state index in [1.165, 1.54) is 0 Å². The van der Waals surface area contributed by atoms with Crippen molar-refractivity contribution >= 4 is 58.8 Å². The van der Waals surface area contributed by atoms with Crippen molar-refractivity contribution in [3.05, 3.63) is 62.1 Å². The molecule has 0 radical (unpaired) electrons. The van der Waals surface area contributed by atoms with Crippen LogP contribution in [0.15, 0.2) is 32.2 Å². The minimum Gasteiger partial charge on any atom is -0.455 e. The van der Waals surface area contributed by atoms with Gasteiger partial charge < -0.3 is 4.42 Å². The molecule has 0 N–H and O–H groups in total. The van der Waals surface area contributed by atoms with Crippen LogP contribution >= 0.6 is 47.8 Å². The zero-order chi connectivity index (χ0) is 21.2. The fourth-order valence-corrected chi connectivity index (χ4v) is 3.17. The van der Waals surface area contributed by atoms with Crippen LogP contribution in [0.3, 0.4) is 0 Å². The van der Waals surface area contributed by atoms with Crippen molar-refractivity contribution in [1.29, 1.82) is 0 Å². The number of furan rings is 1. The summed E-state index contributed by atoms with van der Waals surface area (Å²) in [6.07, 6.45) is -4.98. The molecule has 0 saturated carbocycles. The van der Waals surface area contributed by atoms with Gasteiger partial charge in [-0.15, -0.1) is 0 Å². The smallest absolute Gasteiger partial charge is 0.431 e. The summed E-state index contributed by atoms with van der Waals surface area (Å²) in [6, 6.07) is 1.65. The number of aromatic nitrogens is 2. The molecular formula is C15H6Br3F5N2O3. The van der Waals surface area contributed by atoms with E-state index in [2.05, 4.69) is 47.8 Å². The van der Waals surface area contributed by atoms with Gasteiger partial charge in [0.2, 0.25) is 0 Å². The molecule has 0 saturated heterocycles. The Morgan fingerprint density at radius 3 is 2.14 bits per heavy atom. The third-order valence-corrected chi connectivity index (χ3v) is 4.97. The molecular weight excluding hydrogens is 591 g/mol. The summed E-state index contributed by atoms with van der Waals surface area (Å²) < 4.78 is 72.1. The number of hydrogen-bond donors (Lipinski definition) is 0. The minimum absolute atomic E-state index is 0.00923. The van der Waals surface area contributed by atoms with Gasteiger partial charge in [-0.1, -0.05) is 47.8 Å². The van der Waals surface area contributed by atoms with Crippen molar-refractivity contribution in [1.82, 2.24) is 9.13 Å². The number of alkyl halides is 6. The monoisotopic (exact) mass is 594 g/mol. The third kappa shape index (κ3) is 3.47. The number of rotatable bonds is 1. The van der Waals surface area contributed by atoms with Crippen molar-refractivity contribution in [3.63, 3.8) is 0 Å². The first-order valence-corrected chi connectivity index (χ1v) is 9.50. The lowest BCUT2D eigenvalue weighted by atomic mass is 10.2. The number of hydrogen-bond acceptors (Lipinski definition) is 3. The summed E-state index contributed by atoms with van der Waals surface area (Å²) in [5.74, 6) is -2.47. The van der Waals surface area contributed by atoms with E-state index in [-0.39, 0.29) is 26.3 Å². The molecule has 5 nitrogen and oxygen atoms in total. The van der Waals surface area contributed by atoms with Crippen LogP contribution in [0.4, 0.5) is 22.0 Å². The Morgan fingerprint density at radius 1 is 1.00 bits per heavy atom. The van der Waals surface area contributed by atoms with E-state index < -0.39 is 48.2 Å². The lowest BCUT2D eigenvalue weighted by Crippen LogP contribution is -2.41. The first kappa shape index (κ1) is 21.2. The van der Waals surface area contributed by atoms with E-state index in [1.807, 2.05) is 0 Å². The average Bonchev–Trinajstić information content (AvgIpc) is 2.98. The van der Waals surface area contributed by atoms with Gasteiger partial charge in [0.25, 0.3) is 5.56 Å². The van der Waals surface area contributed by atoms with Crippen LogP contribution < -0.4 is 11.2 Å². The van der Waals surface area contributed by atoms with Crippen LogP contribution in [-0.4, -0.2) is 9.13 Å². The molecule has 3 rings (SSSR count). The summed E-state index contributed by atoms with van der Waals surface area (Å²) in [4.78, 5) is 24.7. The quantitative estimate of drug-likeness (QED) is 0.298. The highest BCUT2D eigenvalue weighted by atomic mass is 80.0. The fraction of sp³-hybridized carbons (Fsp3) is 0.200. The van der Waals surface area contributed by atoms with E-state index in [1.54, 1.807) is 0 Å². The molecule has 1 aromatic carbocycles. The third-order valence-electron chi connectivity index (χ3n) is 3.80. The van der Waals surface area contributed by atoms with Gasteiger partial charge in [0.05, 0.1) is 5.39 Å². The number of halogens is 8. The van der Waals surface area contributed by atoms with E-state index in [0.717, 1.165) is 13.1 Å². The normalized spacial score (nSPS) is 12.8. The molecule has 2 aromatic heterocycles. The SMILES string of the molecule is Cn1c(C(F)(F)F)cc(=O)n(-c2c(F)cc(F)c3oc(C(Br)(Br)Br)cc23)c1=O. The molecule has 0 spiro atoms. The minimum atomic E-state index is -4.98.